The molecular formula is C25H25N5O3S. The lowest BCUT2D eigenvalue weighted by molar-refractivity contribution is -0.116. The smallest absolute Gasteiger partial charge is 0.247 e. The molecule has 0 bridgehead atoms. The lowest BCUT2D eigenvalue weighted by atomic mass is 10.1. The molecule has 1 saturated heterocycles. The third-order valence-corrected chi connectivity index (χ3v) is 6.47. The molecule has 34 heavy (non-hydrogen) atoms. The maximum Gasteiger partial charge on any atom is 0.247 e. The van der Waals surface area contributed by atoms with Crippen LogP contribution in [0.25, 0.3) is 22.7 Å². The fourth-order valence-electron chi connectivity index (χ4n) is 3.63. The number of benzene rings is 2. The highest BCUT2D eigenvalue weighted by Crippen LogP contribution is 2.28. The number of aromatic nitrogens is 3. The van der Waals surface area contributed by atoms with Crippen LogP contribution >= 0.6 is 11.3 Å². The van der Waals surface area contributed by atoms with Gasteiger partial charge in [0.05, 0.1) is 18.9 Å². The third kappa shape index (κ3) is 5.32. The summed E-state index contributed by atoms with van der Waals surface area (Å²) in [5, 5.41) is 14.2. The average Bonchev–Trinajstić information content (AvgIpc) is 3.55. The van der Waals surface area contributed by atoms with Crippen molar-refractivity contribution in [2.75, 3.05) is 36.5 Å². The van der Waals surface area contributed by atoms with Gasteiger partial charge in [0.25, 0.3) is 0 Å². The van der Waals surface area contributed by atoms with Gasteiger partial charge in [-0.3, -0.25) is 4.79 Å². The Bertz CT molecular complexity index is 1240. The molecule has 0 radical (unpaired) electrons. The van der Waals surface area contributed by atoms with Crippen LogP contribution < -0.4 is 10.2 Å². The first-order chi connectivity index (χ1) is 16.6. The second kappa shape index (κ2) is 10.1. The minimum absolute atomic E-state index is 0.105. The Kier molecular flexibility index (Phi) is 6.64. The van der Waals surface area contributed by atoms with Crippen molar-refractivity contribution in [3.05, 3.63) is 65.4 Å². The number of anilines is 2. The zero-order valence-corrected chi connectivity index (χ0v) is 19.7. The van der Waals surface area contributed by atoms with Crippen LogP contribution in [-0.2, 0) is 16.0 Å². The molecule has 4 aromatic rings. The van der Waals surface area contributed by atoms with Gasteiger partial charge >= 0.3 is 0 Å². The van der Waals surface area contributed by atoms with E-state index >= 15 is 0 Å². The van der Waals surface area contributed by atoms with E-state index < -0.39 is 0 Å². The molecule has 0 spiro atoms. The Balaban J connectivity index is 1.14. The highest BCUT2D eigenvalue weighted by Gasteiger charge is 2.15. The van der Waals surface area contributed by atoms with Gasteiger partial charge in [-0.1, -0.05) is 29.8 Å². The number of amides is 1. The summed E-state index contributed by atoms with van der Waals surface area (Å²) >= 11 is 1.64. The molecule has 2 aromatic heterocycles. The van der Waals surface area contributed by atoms with Gasteiger partial charge < -0.3 is 19.4 Å². The van der Waals surface area contributed by atoms with Crippen molar-refractivity contribution in [1.82, 2.24) is 15.2 Å². The van der Waals surface area contributed by atoms with E-state index in [1.165, 1.54) is 0 Å². The summed E-state index contributed by atoms with van der Waals surface area (Å²) in [6.45, 7) is 5.24. The molecule has 0 atom stereocenters. The Hall–Kier alpha value is -3.56. The number of thiazole rings is 1. The molecule has 2 aromatic carbocycles. The first-order valence-electron chi connectivity index (χ1n) is 11.2. The summed E-state index contributed by atoms with van der Waals surface area (Å²) in [5.41, 5.74) is 4.72. The summed E-state index contributed by atoms with van der Waals surface area (Å²) in [4.78, 5) is 19.4. The molecule has 1 aliphatic rings. The van der Waals surface area contributed by atoms with Gasteiger partial charge in [0, 0.05) is 48.1 Å². The van der Waals surface area contributed by atoms with E-state index in [1.54, 1.807) is 11.3 Å². The maximum absolute atomic E-state index is 12.4. The molecule has 3 heterocycles. The van der Waals surface area contributed by atoms with Crippen LogP contribution in [0.3, 0.4) is 0 Å². The molecule has 0 saturated carbocycles. The first kappa shape index (κ1) is 22.2. The molecule has 1 amide bonds. The molecule has 1 aliphatic heterocycles. The molecule has 1 fully saturated rings. The highest BCUT2D eigenvalue weighted by atomic mass is 32.1. The number of rotatable bonds is 7. The number of aryl methyl sites for hydroxylation is 2. The van der Waals surface area contributed by atoms with Gasteiger partial charge in [-0.05, 0) is 31.2 Å². The van der Waals surface area contributed by atoms with E-state index in [2.05, 4.69) is 25.8 Å². The fourth-order valence-corrected chi connectivity index (χ4v) is 4.52. The van der Waals surface area contributed by atoms with Crippen LogP contribution in [-0.4, -0.2) is 47.4 Å². The lowest BCUT2D eigenvalue weighted by Gasteiger charge is -2.26. The number of hydrogen-bond donors (Lipinski definition) is 1. The fraction of sp³-hybridized carbons (Fsp3) is 0.280. The molecule has 9 heteroatoms. The number of nitrogens with one attached hydrogen (secondary N) is 1. The molecule has 5 rings (SSSR count). The predicted molar refractivity (Wildman–Crippen MR) is 132 cm³/mol. The standard InChI is InChI=1S/C25H25N5O3S/c1-17-2-4-19(5-3-17)24-29-28-23(33-24)11-10-22(31)26-20-8-6-18(7-9-20)21-16-34-25(27-21)30-12-14-32-15-13-30/h2-9,16H,10-15H2,1H3,(H,26,31). The highest BCUT2D eigenvalue weighted by molar-refractivity contribution is 7.14. The van der Waals surface area contributed by atoms with E-state index in [0.717, 1.165) is 59.5 Å². The minimum atomic E-state index is -0.105. The van der Waals surface area contributed by atoms with Crippen LogP contribution in [0.5, 0.6) is 0 Å². The number of morpholine rings is 1. The van der Waals surface area contributed by atoms with E-state index in [0.29, 0.717) is 18.2 Å². The second-order valence-corrected chi connectivity index (χ2v) is 8.94. The van der Waals surface area contributed by atoms with Crippen molar-refractivity contribution in [2.24, 2.45) is 0 Å². The number of hydrogen-bond acceptors (Lipinski definition) is 8. The topological polar surface area (TPSA) is 93.4 Å². The van der Waals surface area contributed by atoms with Crippen LogP contribution in [0.4, 0.5) is 10.8 Å². The summed E-state index contributed by atoms with van der Waals surface area (Å²) in [6, 6.07) is 15.6. The van der Waals surface area contributed by atoms with Crippen molar-refractivity contribution in [2.45, 2.75) is 19.8 Å². The van der Waals surface area contributed by atoms with Crippen molar-refractivity contribution in [3.63, 3.8) is 0 Å². The summed E-state index contributed by atoms with van der Waals surface area (Å²) in [7, 11) is 0. The summed E-state index contributed by atoms with van der Waals surface area (Å²) in [5.74, 6) is 0.802. The largest absolute Gasteiger partial charge is 0.421 e. The Morgan fingerprint density at radius 3 is 2.53 bits per heavy atom. The van der Waals surface area contributed by atoms with Gasteiger partial charge in [0.1, 0.15) is 0 Å². The number of nitrogens with zero attached hydrogens (tertiary/aromatic N) is 4. The van der Waals surface area contributed by atoms with E-state index in [1.807, 2.05) is 55.5 Å². The van der Waals surface area contributed by atoms with Crippen molar-refractivity contribution in [3.8, 4) is 22.7 Å². The Morgan fingerprint density at radius 1 is 1.03 bits per heavy atom. The molecule has 174 valence electrons. The van der Waals surface area contributed by atoms with Crippen LogP contribution in [0.1, 0.15) is 17.9 Å². The third-order valence-electron chi connectivity index (χ3n) is 5.57. The van der Waals surface area contributed by atoms with E-state index in [-0.39, 0.29) is 12.3 Å². The van der Waals surface area contributed by atoms with Crippen LogP contribution in [0.2, 0.25) is 0 Å². The van der Waals surface area contributed by atoms with Crippen molar-refractivity contribution < 1.29 is 13.9 Å². The van der Waals surface area contributed by atoms with Crippen molar-refractivity contribution in [1.29, 1.82) is 0 Å². The molecule has 0 unspecified atom stereocenters. The van der Waals surface area contributed by atoms with Gasteiger partial charge in [-0.25, -0.2) is 4.98 Å². The monoisotopic (exact) mass is 475 g/mol. The van der Waals surface area contributed by atoms with Crippen molar-refractivity contribution >= 4 is 28.1 Å². The Morgan fingerprint density at radius 2 is 1.76 bits per heavy atom. The molecule has 8 nitrogen and oxygen atoms in total. The average molecular weight is 476 g/mol. The Labute approximate surface area is 201 Å². The molecule has 1 N–H and O–H groups in total. The maximum atomic E-state index is 12.4. The number of ether oxygens (including phenoxy) is 1. The molecular weight excluding hydrogens is 450 g/mol. The van der Waals surface area contributed by atoms with Gasteiger partial charge in [-0.15, -0.1) is 21.5 Å². The van der Waals surface area contributed by atoms with E-state index in [9.17, 15) is 4.79 Å². The second-order valence-electron chi connectivity index (χ2n) is 8.11. The van der Waals surface area contributed by atoms with Gasteiger partial charge in [0.15, 0.2) is 5.13 Å². The number of carbonyl (C=O) groups excluding carboxylic acids is 1. The SMILES string of the molecule is Cc1ccc(-c2nnc(CCC(=O)Nc3ccc(-c4csc(N5CCOCC5)n4)cc3)o2)cc1. The zero-order chi connectivity index (χ0) is 23.3. The van der Waals surface area contributed by atoms with E-state index in [4.69, 9.17) is 14.1 Å². The quantitative estimate of drug-likeness (QED) is 0.418. The summed E-state index contributed by atoms with van der Waals surface area (Å²) in [6.07, 6.45) is 0.637. The molecule has 0 aliphatic carbocycles. The first-order valence-corrected chi connectivity index (χ1v) is 12.1. The zero-order valence-electron chi connectivity index (χ0n) is 18.9. The minimum Gasteiger partial charge on any atom is -0.421 e. The summed E-state index contributed by atoms with van der Waals surface area (Å²) < 4.78 is 11.1. The van der Waals surface area contributed by atoms with Gasteiger partial charge in [-0.2, -0.15) is 0 Å². The van der Waals surface area contributed by atoms with Crippen LogP contribution in [0.15, 0.2) is 58.3 Å². The number of carbonyl (C=O) groups is 1. The lowest BCUT2D eigenvalue weighted by Crippen LogP contribution is -2.36. The predicted octanol–water partition coefficient (Wildman–Crippen LogP) is 4.58. The normalized spacial score (nSPS) is 13.7. The van der Waals surface area contributed by atoms with Gasteiger partial charge in [0.2, 0.25) is 17.7 Å². The van der Waals surface area contributed by atoms with Crippen LogP contribution in [0, 0.1) is 6.92 Å².